The molecule has 152 valence electrons. The SMILES string of the molecule is CCOC1CC(N)(C(=O)NC(C)c2ccc(-c3ccccc3)cc2)C1(C)C.Cl. The van der Waals surface area contributed by atoms with E-state index in [1.54, 1.807) is 0 Å². The highest BCUT2D eigenvalue weighted by atomic mass is 35.5. The highest BCUT2D eigenvalue weighted by Gasteiger charge is 2.62. The maximum Gasteiger partial charge on any atom is 0.241 e. The summed E-state index contributed by atoms with van der Waals surface area (Å²) < 4.78 is 5.72. The Morgan fingerprint density at radius 3 is 2.25 bits per heavy atom. The van der Waals surface area contributed by atoms with Crippen LogP contribution in [0.25, 0.3) is 11.1 Å². The molecule has 1 amide bonds. The molecule has 2 aromatic rings. The van der Waals surface area contributed by atoms with Crippen molar-refractivity contribution in [2.45, 2.75) is 51.8 Å². The van der Waals surface area contributed by atoms with Crippen LogP contribution in [0.3, 0.4) is 0 Å². The Morgan fingerprint density at radius 1 is 1.14 bits per heavy atom. The van der Waals surface area contributed by atoms with Crippen molar-refractivity contribution < 1.29 is 9.53 Å². The topological polar surface area (TPSA) is 64.3 Å². The van der Waals surface area contributed by atoms with E-state index >= 15 is 0 Å². The Bertz CT molecular complexity index is 792. The van der Waals surface area contributed by atoms with Crippen molar-refractivity contribution in [3.8, 4) is 11.1 Å². The summed E-state index contributed by atoms with van der Waals surface area (Å²) in [7, 11) is 0. The molecule has 0 aliphatic heterocycles. The van der Waals surface area contributed by atoms with E-state index in [2.05, 4.69) is 41.7 Å². The van der Waals surface area contributed by atoms with Crippen LogP contribution in [0, 0.1) is 5.41 Å². The summed E-state index contributed by atoms with van der Waals surface area (Å²) in [4.78, 5) is 12.9. The molecule has 0 heterocycles. The molecule has 4 nitrogen and oxygen atoms in total. The fraction of sp³-hybridized carbons (Fsp3) is 0.435. The van der Waals surface area contributed by atoms with Gasteiger partial charge in [-0.3, -0.25) is 4.79 Å². The lowest BCUT2D eigenvalue weighted by atomic mass is 9.54. The first-order valence-electron chi connectivity index (χ1n) is 9.66. The number of hydrogen-bond acceptors (Lipinski definition) is 3. The van der Waals surface area contributed by atoms with Gasteiger partial charge < -0.3 is 15.8 Å². The smallest absolute Gasteiger partial charge is 0.241 e. The zero-order chi connectivity index (χ0) is 19.7. The fourth-order valence-corrected chi connectivity index (χ4v) is 3.82. The molecule has 0 bridgehead atoms. The second kappa shape index (κ2) is 8.64. The van der Waals surface area contributed by atoms with Gasteiger partial charge in [0.2, 0.25) is 5.91 Å². The van der Waals surface area contributed by atoms with Crippen LogP contribution in [0.4, 0.5) is 0 Å². The highest BCUT2D eigenvalue weighted by Crippen LogP contribution is 2.50. The Balaban J connectivity index is 0.00000280. The quantitative estimate of drug-likeness (QED) is 0.748. The average molecular weight is 403 g/mol. The Hall–Kier alpha value is -1.88. The molecule has 0 saturated heterocycles. The summed E-state index contributed by atoms with van der Waals surface area (Å²) in [6, 6.07) is 18.4. The monoisotopic (exact) mass is 402 g/mol. The minimum Gasteiger partial charge on any atom is -0.378 e. The number of carbonyl (C=O) groups is 1. The van der Waals surface area contributed by atoms with E-state index in [0.29, 0.717) is 13.0 Å². The molecule has 1 aliphatic carbocycles. The van der Waals surface area contributed by atoms with Gasteiger partial charge in [-0.25, -0.2) is 0 Å². The van der Waals surface area contributed by atoms with Crippen molar-refractivity contribution in [2.75, 3.05) is 6.61 Å². The number of amides is 1. The molecule has 0 spiro atoms. The summed E-state index contributed by atoms with van der Waals surface area (Å²) in [5.41, 5.74) is 8.60. The van der Waals surface area contributed by atoms with Gasteiger partial charge in [0.15, 0.2) is 0 Å². The second-order valence-electron chi connectivity index (χ2n) is 8.02. The molecule has 3 N–H and O–H groups in total. The van der Waals surface area contributed by atoms with E-state index in [4.69, 9.17) is 10.5 Å². The van der Waals surface area contributed by atoms with Crippen LogP contribution in [0.2, 0.25) is 0 Å². The number of benzene rings is 2. The third-order valence-electron chi connectivity index (χ3n) is 6.10. The summed E-state index contributed by atoms with van der Waals surface area (Å²) in [5, 5.41) is 3.10. The molecule has 0 radical (unpaired) electrons. The van der Waals surface area contributed by atoms with Gasteiger partial charge in [-0.05, 0) is 30.5 Å². The third-order valence-corrected chi connectivity index (χ3v) is 6.10. The minimum absolute atomic E-state index is 0. The van der Waals surface area contributed by atoms with E-state index in [1.807, 2.05) is 45.9 Å². The van der Waals surface area contributed by atoms with Crippen LogP contribution in [-0.4, -0.2) is 24.2 Å². The predicted molar refractivity (Wildman–Crippen MR) is 116 cm³/mol. The van der Waals surface area contributed by atoms with Gasteiger partial charge in [-0.1, -0.05) is 68.4 Å². The van der Waals surface area contributed by atoms with Gasteiger partial charge in [-0.15, -0.1) is 12.4 Å². The van der Waals surface area contributed by atoms with Crippen molar-refractivity contribution >= 4 is 18.3 Å². The maximum absolute atomic E-state index is 12.9. The minimum atomic E-state index is -0.898. The van der Waals surface area contributed by atoms with Crippen molar-refractivity contribution in [2.24, 2.45) is 11.1 Å². The molecule has 2 aromatic carbocycles. The highest BCUT2D eigenvalue weighted by molar-refractivity contribution is 5.89. The predicted octanol–water partition coefficient (Wildman–Crippen LogP) is 4.49. The largest absolute Gasteiger partial charge is 0.378 e. The van der Waals surface area contributed by atoms with Gasteiger partial charge in [0.05, 0.1) is 12.1 Å². The first kappa shape index (κ1) is 22.4. The summed E-state index contributed by atoms with van der Waals surface area (Å²) in [6.45, 7) is 8.61. The molecule has 1 saturated carbocycles. The summed E-state index contributed by atoms with van der Waals surface area (Å²) in [6.07, 6.45) is 0.581. The van der Waals surface area contributed by atoms with Gasteiger partial charge in [0.25, 0.3) is 0 Å². The van der Waals surface area contributed by atoms with Gasteiger partial charge in [0.1, 0.15) is 5.54 Å². The number of carbonyl (C=O) groups excluding carboxylic acids is 1. The summed E-state index contributed by atoms with van der Waals surface area (Å²) in [5.74, 6) is -0.108. The van der Waals surface area contributed by atoms with Crippen LogP contribution >= 0.6 is 12.4 Å². The molecular weight excluding hydrogens is 372 g/mol. The lowest BCUT2D eigenvalue weighted by Gasteiger charge is -2.57. The summed E-state index contributed by atoms with van der Waals surface area (Å²) >= 11 is 0. The van der Waals surface area contributed by atoms with E-state index in [9.17, 15) is 4.79 Å². The number of nitrogens with one attached hydrogen (secondary N) is 1. The van der Waals surface area contributed by atoms with E-state index < -0.39 is 5.54 Å². The van der Waals surface area contributed by atoms with Crippen molar-refractivity contribution in [1.82, 2.24) is 5.32 Å². The van der Waals surface area contributed by atoms with E-state index in [-0.39, 0.29) is 35.9 Å². The molecular formula is C23H31ClN2O2. The molecule has 28 heavy (non-hydrogen) atoms. The number of halogens is 1. The number of nitrogens with two attached hydrogens (primary N) is 1. The van der Waals surface area contributed by atoms with E-state index in [1.165, 1.54) is 5.56 Å². The van der Waals surface area contributed by atoms with Crippen LogP contribution < -0.4 is 11.1 Å². The normalized spacial score (nSPS) is 23.8. The molecule has 3 atom stereocenters. The number of rotatable bonds is 6. The molecule has 1 aliphatic rings. The van der Waals surface area contributed by atoms with Crippen molar-refractivity contribution in [3.05, 3.63) is 60.2 Å². The molecule has 5 heteroatoms. The zero-order valence-corrected chi connectivity index (χ0v) is 17.9. The van der Waals surface area contributed by atoms with Gasteiger partial charge in [-0.2, -0.15) is 0 Å². The second-order valence-corrected chi connectivity index (χ2v) is 8.02. The maximum atomic E-state index is 12.9. The molecule has 3 rings (SSSR count). The van der Waals surface area contributed by atoms with Gasteiger partial charge >= 0.3 is 0 Å². The van der Waals surface area contributed by atoms with Crippen LogP contribution in [-0.2, 0) is 9.53 Å². The van der Waals surface area contributed by atoms with Crippen LogP contribution in [0.5, 0.6) is 0 Å². The average Bonchev–Trinajstić information content (AvgIpc) is 2.68. The Morgan fingerprint density at radius 2 is 1.71 bits per heavy atom. The lowest BCUT2D eigenvalue weighted by molar-refractivity contribution is -0.171. The first-order chi connectivity index (χ1) is 12.8. The van der Waals surface area contributed by atoms with Crippen LogP contribution in [0.15, 0.2) is 54.6 Å². The van der Waals surface area contributed by atoms with Gasteiger partial charge in [0, 0.05) is 18.4 Å². The number of hydrogen-bond donors (Lipinski definition) is 2. The number of ether oxygens (including phenoxy) is 1. The van der Waals surface area contributed by atoms with E-state index in [0.717, 1.165) is 11.1 Å². The Kier molecular flexibility index (Phi) is 6.92. The standard InChI is InChI=1S/C23H30N2O2.ClH/c1-5-27-20-15-23(24,22(20,3)4)21(26)25-16(2)17-11-13-19(14-12-17)18-9-7-6-8-10-18;/h6-14,16,20H,5,15,24H2,1-4H3,(H,25,26);1H. The fourth-order valence-electron chi connectivity index (χ4n) is 3.82. The van der Waals surface area contributed by atoms with Crippen molar-refractivity contribution in [1.29, 1.82) is 0 Å². The molecule has 1 fully saturated rings. The van der Waals surface area contributed by atoms with Crippen molar-refractivity contribution in [3.63, 3.8) is 0 Å². The lowest BCUT2D eigenvalue weighted by Crippen LogP contribution is -2.75. The first-order valence-corrected chi connectivity index (χ1v) is 9.66. The molecule has 0 aromatic heterocycles. The zero-order valence-electron chi connectivity index (χ0n) is 17.1. The Labute approximate surface area is 174 Å². The van der Waals surface area contributed by atoms with Crippen LogP contribution in [0.1, 0.15) is 45.7 Å². The third kappa shape index (κ3) is 3.95. The molecule has 3 unspecified atom stereocenters.